The van der Waals surface area contributed by atoms with Gasteiger partial charge in [0.15, 0.2) is 11.5 Å². The van der Waals surface area contributed by atoms with Crippen molar-refractivity contribution in [2.45, 2.75) is 6.61 Å². The van der Waals surface area contributed by atoms with Gasteiger partial charge in [-0.25, -0.2) is 0 Å². The van der Waals surface area contributed by atoms with Gasteiger partial charge in [-0.15, -0.1) is 0 Å². The van der Waals surface area contributed by atoms with Gasteiger partial charge in [0, 0.05) is 4.47 Å². The first kappa shape index (κ1) is 15.6. The van der Waals surface area contributed by atoms with Crippen LogP contribution >= 0.6 is 15.9 Å². The highest BCUT2D eigenvalue weighted by atomic mass is 79.9. The summed E-state index contributed by atoms with van der Waals surface area (Å²) in [5.74, 6) is 1.48. The zero-order valence-corrected chi connectivity index (χ0v) is 14.4. The third kappa shape index (κ3) is 3.93. The van der Waals surface area contributed by atoms with Crippen molar-refractivity contribution < 1.29 is 9.47 Å². The van der Waals surface area contributed by atoms with E-state index in [1.165, 1.54) is 0 Å². The van der Waals surface area contributed by atoms with Gasteiger partial charge in [-0.2, -0.15) is 0 Å². The molecule has 0 heterocycles. The predicted molar refractivity (Wildman–Crippen MR) is 96.9 cm³/mol. The minimum Gasteiger partial charge on any atom is -0.493 e. The Labute approximate surface area is 144 Å². The lowest BCUT2D eigenvalue weighted by Gasteiger charge is -2.13. The fourth-order valence-electron chi connectivity index (χ4n) is 2.37. The number of halogens is 1. The normalized spacial score (nSPS) is 10.3. The molecular formula is C20H17BrO2. The number of methoxy groups -OCH3 is 1. The number of hydrogen-bond donors (Lipinski definition) is 0. The van der Waals surface area contributed by atoms with Crippen LogP contribution in [0, 0.1) is 0 Å². The summed E-state index contributed by atoms with van der Waals surface area (Å²) in [7, 11) is 1.66. The van der Waals surface area contributed by atoms with E-state index in [1.807, 2.05) is 60.7 Å². The average Bonchev–Trinajstić information content (AvgIpc) is 2.60. The first-order valence-electron chi connectivity index (χ1n) is 7.37. The molecule has 0 spiro atoms. The van der Waals surface area contributed by atoms with Gasteiger partial charge >= 0.3 is 0 Å². The zero-order valence-electron chi connectivity index (χ0n) is 12.8. The molecule has 0 amide bonds. The smallest absolute Gasteiger partial charge is 0.162 e. The molecule has 0 saturated heterocycles. The van der Waals surface area contributed by atoms with Crippen molar-refractivity contribution in [3.05, 3.63) is 82.8 Å². The van der Waals surface area contributed by atoms with Crippen LogP contribution < -0.4 is 9.47 Å². The maximum Gasteiger partial charge on any atom is 0.162 e. The van der Waals surface area contributed by atoms with Gasteiger partial charge in [0.25, 0.3) is 0 Å². The van der Waals surface area contributed by atoms with Crippen LogP contribution in [0.1, 0.15) is 5.56 Å². The van der Waals surface area contributed by atoms with Crippen molar-refractivity contribution in [2.24, 2.45) is 0 Å². The van der Waals surface area contributed by atoms with Gasteiger partial charge in [-0.05, 0) is 41.0 Å². The second-order valence-electron chi connectivity index (χ2n) is 5.15. The second-order valence-corrected chi connectivity index (χ2v) is 6.07. The Balaban J connectivity index is 1.87. The number of benzene rings is 3. The Hall–Kier alpha value is -2.26. The molecule has 0 aromatic heterocycles. The van der Waals surface area contributed by atoms with Crippen LogP contribution in [0.25, 0.3) is 11.1 Å². The van der Waals surface area contributed by atoms with Gasteiger partial charge < -0.3 is 9.47 Å². The number of ether oxygens (including phenoxy) is 2. The molecule has 116 valence electrons. The van der Waals surface area contributed by atoms with Gasteiger partial charge in [0.05, 0.1) is 7.11 Å². The topological polar surface area (TPSA) is 18.5 Å². The summed E-state index contributed by atoms with van der Waals surface area (Å²) >= 11 is 3.51. The molecule has 0 atom stereocenters. The summed E-state index contributed by atoms with van der Waals surface area (Å²) in [6.07, 6.45) is 0. The molecule has 3 rings (SSSR count). The summed E-state index contributed by atoms with van der Waals surface area (Å²) in [5, 5.41) is 0. The van der Waals surface area contributed by atoms with E-state index in [0.29, 0.717) is 6.61 Å². The SMILES string of the molecule is COc1ccc(-c2cccc(Br)c2)cc1OCc1ccccc1. The fourth-order valence-corrected chi connectivity index (χ4v) is 2.77. The summed E-state index contributed by atoms with van der Waals surface area (Å²) < 4.78 is 12.4. The number of rotatable bonds is 5. The van der Waals surface area contributed by atoms with E-state index in [9.17, 15) is 0 Å². The lowest BCUT2D eigenvalue weighted by Crippen LogP contribution is -1.97. The molecular weight excluding hydrogens is 352 g/mol. The molecule has 0 N–H and O–H groups in total. The Kier molecular flexibility index (Phi) is 4.99. The maximum absolute atomic E-state index is 5.97. The zero-order chi connectivity index (χ0) is 16.1. The van der Waals surface area contributed by atoms with Crippen LogP contribution in [0.15, 0.2) is 77.3 Å². The Morgan fingerprint density at radius 1 is 0.783 bits per heavy atom. The molecule has 23 heavy (non-hydrogen) atoms. The Morgan fingerprint density at radius 2 is 1.57 bits per heavy atom. The van der Waals surface area contributed by atoms with Crippen molar-refractivity contribution >= 4 is 15.9 Å². The van der Waals surface area contributed by atoms with Crippen LogP contribution in [0.2, 0.25) is 0 Å². The molecule has 0 saturated carbocycles. The largest absolute Gasteiger partial charge is 0.493 e. The van der Waals surface area contributed by atoms with Crippen molar-refractivity contribution in [1.29, 1.82) is 0 Å². The van der Waals surface area contributed by atoms with Crippen molar-refractivity contribution in [2.75, 3.05) is 7.11 Å². The first-order chi connectivity index (χ1) is 11.3. The second kappa shape index (κ2) is 7.34. The Morgan fingerprint density at radius 3 is 2.30 bits per heavy atom. The van der Waals surface area contributed by atoms with Gasteiger partial charge in [0.1, 0.15) is 6.61 Å². The summed E-state index contributed by atoms with van der Waals surface area (Å²) in [5.41, 5.74) is 3.35. The molecule has 3 aromatic rings. The van der Waals surface area contributed by atoms with E-state index in [0.717, 1.165) is 32.7 Å². The molecule has 2 nitrogen and oxygen atoms in total. The predicted octanol–water partition coefficient (Wildman–Crippen LogP) is 5.70. The van der Waals surface area contributed by atoms with Crippen LogP contribution in [0.3, 0.4) is 0 Å². The summed E-state index contributed by atoms with van der Waals surface area (Å²) in [4.78, 5) is 0. The first-order valence-corrected chi connectivity index (χ1v) is 8.16. The van der Waals surface area contributed by atoms with E-state index in [-0.39, 0.29) is 0 Å². The lowest BCUT2D eigenvalue weighted by atomic mass is 10.1. The molecule has 0 aliphatic rings. The summed E-state index contributed by atoms with van der Waals surface area (Å²) in [6, 6.07) is 24.3. The third-order valence-electron chi connectivity index (χ3n) is 3.56. The molecule has 0 aliphatic carbocycles. The molecule has 0 radical (unpaired) electrons. The van der Waals surface area contributed by atoms with E-state index < -0.39 is 0 Å². The van der Waals surface area contributed by atoms with Crippen LogP contribution in [0.5, 0.6) is 11.5 Å². The van der Waals surface area contributed by atoms with E-state index >= 15 is 0 Å². The lowest BCUT2D eigenvalue weighted by molar-refractivity contribution is 0.284. The molecule has 0 fully saturated rings. The minimum atomic E-state index is 0.513. The fraction of sp³-hybridized carbons (Fsp3) is 0.100. The number of hydrogen-bond acceptors (Lipinski definition) is 2. The molecule has 0 bridgehead atoms. The highest BCUT2D eigenvalue weighted by molar-refractivity contribution is 9.10. The molecule has 3 heteroatoms. The van der Waals surface area contributed by atoms with Crippen molar-refractivity contribution in [3.8, 4) is 22.6 Å². The quantitative estimate of drug-likeness (QED) is 0.574. The monoisotopic (exact) mass is 368 g/mol. The summed E-state index contributed by atoms with van der Waals surface area (Å²) in [6.45, 7) is 0.513. The highest BCUT2D eigenvalue weighted by Crippen LogP contribution is 2.33. The van der Waals surface area contributed by atoms with Gasteiger partial charge in [0.2, 0.25) is 0 Å². The van der Waals surface area contributed by atoms with Crippen molar-refractivity contribution in [3.63, 3.8) is 0 Å². The molecule has 3 aromatic carbocycles. The van der Waals surface area contributed by atoms with Crippen LogP contribution in [-0.2, 0) is 6.61 Å². The minimum absolute atomic E-state index is 0.513. The maximum atomic E-state index is 5.97. The standard InChI is InChI=1S/C20H17BrO2/c1-22-19-11-10-17(16-8-5-9-18(21)12-16)13-20(19)23-14-15-6-3-2-4-7-15/h2-13H,14H2,1H3. The van der Waals surface area contributed by atoms with E-state index in [1.54, 1.807) is 7.11 Å². The average molecular weight is 369 g/mol. The van der Waals surface area contributed by atoms with E-state index in [2.05, 4.69) is 28.1 Å². The van der Waals surface area contributed by atoms with Gasteiger partial charge in [-0.3, -0.25) is 0 Å². The van der Waals surface area contributed by atoms with Crippen molar-refractivity contribution in [1.82, 2.24) is 0 Å². The van der Waals surface area contributed by atoms with E-state index in [4.69, 9.17) is 9.47 Å². The molecule has 0 unspecified atom stereocenters. The molecule has 0 aliphatic heterocycles. The van der Waals surface area contributed by atoms with Crippen LogP contribution in [0.4, 0.5) is 0 Å². The van der Waals surface area contributed by atoms with Crippen LogP contribution in [-0.4, -0.2) is 7.11 Å². The highest BCUT2D eigenvalue weighted by Gasteiger charge is 2.08. The Bertz CT molecular complexity index is 785. The van der Waals surface area contributed by atoms with Gasteiger partial charge in [-0.1, -0.05) is 64.5 Å². The third-order valence-corrected chi connectivity index (χ3v) is 4.05.